The maximum absolute atomic E-state index is 12.9. The molecule has 2 heterocycles. The van der Waals surface area contributed by atoms with Crippen molar-refractivity contribution in [1.82, 2.24) is 20.3 Å². The lowest BCUT2D eigenvalue weighted by molar-refractivity contribution is 0.0890. The molecular weight excluding hydrogens is 458 g/mol. The SMILES string of the molecule is Cc1ccc(S(=O)(=O)Nc2ncc(C(=O)N[C@H](CO)C(C)C)nc2OCc2cccnc2)cc1. The second-order valence-electron chi connectivity index (χ2n) is 7.98. The van der Waals surface area contributed by atoms with Crippen molar-refractivity contribution >= 4 is 21.7 Å². The standard InChI is InChI=1S/C23H27N5O5S/c1-15(2)20(13-29)26-22(30)19-12-25-21(23(27-19)33-14-17-5-4-10-24-11-17)28-34(31,32)18-8-6-16(3)7-9-18/h4-12,15,20,29H,13-14H2,1-3H3,(H,25,28)(H,26,30)/t20-/m1/s1. The first kappa shape index (κ1) is 25.1. The van der Waals surface area contributed by atoms with Gasteiger partial charge in [0.05, 0.1) is 23.7 Å². The molecule has 1 aromatic carbocycles. The minimum absolute atomic E-state index is 0.0104. The van der Waals surface area contributed by atoms with Gasteiger partial charge in [-0.05, 0) is 31.0 Å². The summed E-state index contributed by atoms with van der Waals surface area (Å²) in [6.45, 7) is 5.36. The Labute approximate surface area is 198 Å². The van der Waals surface area contributed by atoms with Crippen LogP contribution in [0.2, 0.25) is 0 Å². The number of rotatable bonds is 10. The number of aryl methyl sites for hydroxylation is 1. The molecular formula is C23H27N5O5S. The number of benzene rings is 1. The molecule has 0 radical (unpaired) electrons. The number of ether oxygens (including phenoxy) is 1. The number of nitrogens with zero attached hydrogens (tertiary/aromatic N) is 3. The summed E-state index contributed by atoms with van der Waals surface area (Å²) in [5.41, 5.74) is 1.54. The van der Waals surface area contributed by atoms with Crippen molar-refractivity contribution in [2.45, 2.75) is 38.3 Å². The molecule has 0 fully saturated rings. The third-order valence-corrected chi connectivity index (χ3v) is 6.31. The summed E-state index contributed by atoms with van der Waals surface area (Å²) in [6.07, 6.45) is 4.35. The van der Waals surface area contributed by atoms with Gasteiger partial charge in [0.1, 0.15) is 6.61 Å². The lowest BCUT2D eigenvalue weighted by Gasteiger charge is -2.20. The molecule has 0 bridgehead atoms. The van der Waals surface area contributed by atoms with E-state index in [0.717, 1.165) is 11.8 Å². The molecule has 1 atom stereocenters. The fraction of sp³-hybridized carbons (Fsp3) is 0.304. The monoisotopic (exact) mass is 485 g/mol. The minimum Gasteiger partial charge on any atom is -0.470 e. The molecule has 3 aromatic rings. The number of nitrogens with one attached hydrogen (secondary N) is 2. The number of sulfonamides is 1. The largest absolute Gasteiger partial charge is 0.470 e. The molecule has 0 unspecified atom stereocenters. The summed E-state index contributed by atoms with van der Waals surface area (Å²) in [6, 6.07) is 9.35. The van der Waals surface area contributed by atoms with E-state index in [-0.39, 0.29) is 41.4 Å². The molecule has 10 nitrogen and oxygen atoms in total. The Kier molecular flexibility index (Phi) is 8.13. The number of carbonyl (C=O) groups is 1. The van der Waals surface area contributed by atoms with Crippen molar-refractivity contribution in [3.63, 3.8) is 0 Å². The van der Waals surface area contributed by atoms with Gasteiger partial charge in [-0.1, -0.05) is 37.6 Å². The number of hydrogen-bond donors (Lipinski definition) is 3. The maximum atomic E-state index is 12.9. The van der Waals surface area contributed by atoms with E-state index >= 15 is 0 Å². The Morgan fingerprint density at radius 3 is 2.50 bits per heavy atom. The van der Waals surface area contributed by atoms with Gasteiger partial charge in [-0.15, -0.1) is 0 Å². The number of amides is 1. The predicted molar refractivity (Wildman–Crippen MR) is 126 cm³/mol. The first-order valence-corrected chi connectivity index (χ1v) is 12.1. The van der Waals surface area contributed by atoms with Crippen LogP contribution in [0.25, 0.3) is 0 Å². The predicted octanol–water partition coefficient (Wildman–Crippen LogP) is 2.31. The zero-order valence-electron chi connectivity index (χ0n) is 19.1. The summed E-state index contributed by atoms with van der Waals surface area (Å²) in [5, 5.41) is 12.2. The summed E-state index contributed by atoms with van der Waals surface area (Å²) in [7, 11) is -3.98. The number of aliphatic hydroxyl groups is 1. The molecule has 34 heavy (non-hydrogen) atoms. The number of pyridine rings is 1. The minimum atomic E-state index is -3.98. The maximum Gasteiger partial charge on any atom is 0.271 e. The Bertz CT molecular complexity index is 1220. The Morgan fingerprint density at radius 2 is 1.88 bits per heavy atom. The summed E-state index contributed by atoms with van der Waals surface area (Å²) in [4.78, 5) is 25.0. The zero-order chi connectivity index (χ0) is 24.7. The average molecular weight is 486 g/mol. The summed E-state index contributed by atoms with van der Waals surface area (Å²) in [5.74, 6) is -0.913. The molecule has 0 aliphatic carbocycles. The van der Waals surface area contributed by atoms with Gasteiger partial charge >= 0.3 is 0 Å². The van der Waals surface area contributed by atoms with Crippen LogP contribution in [0.3, 0.4) is 0 Å². The van der Waals surface area contributed by atoms with E-state index in [4.69, 9.17) is 4.74 Å². The third kappa shape index (κ3) is 6.49. The van der Waals surface area contributed by atoms with E-state index in [2.05, 4.69) is 25.0 Å². The molecule has 3 N–H and O–H groups in total. The van der Waals surface area contributed by atoms with Crippen molar-refractivity contribution in [3.8, 4) is 5.88 Å². The van der Waals surface area contributed by atoms with Gasteiger partial charge in [-0.2, -0.15) is 0 Å². The van der Waals surface area contributed by atoms with Crippen LogP contribution in [0.5, 0.6) is 5.88 Å². The van der Waals surface area contributed by atoms with Crippen molar-refractivity contribution in [2.24, 2.45) is 5.92 Å². The Morgan fingerprint density at radius 1 is 1.15 bits per heavy atom. The van der Waals surface area contributed by atoms with Crippen molar-refractivity contribution in [2.75, 3.05) is 11.3 Å². The first-order chi connectivity index (χ1) is 16.2. The van der Waals surface area contributed by atoms with E-state index in [1.54, 1.807) is 36.7 Å². The second kappa shape index (κ2) is 11.0. The van der Waals surface area contributed by atoms with Gasteiger partial charge in [0.2, 0.25) is 5.82 Å². The molecule has 2 aromatic heterocycles. The van der Waals surface area contributed by atoms with Crippen molar-refractivity contribution in [3.05, 3.63) is 71.8 Å². The van der Waals surface area contributed by atoms with Crippen LogP contribution in [-0.2, 0) is 16.6 Å². The highest BCUT2D eigenvalue weighted by molar-refractivity contribution is 7.92. The fourth-order valence-corrected chi connectivity index (χ4v) is 3.86. The molecule has 11 heteroatoms. The topological polar surface area (TPSA) is 143 Å². The fourth-order valence-electron chi connectivity index (χ4n) is 2.86. The Balaban J connectivity index is 1.90. The highest BCUT2D eigenvalue weighted by Crippen LogP contribution is 2.24. The van der Waals surface area contributed by atoms with Crippen LogP contribution >= 0.6 is 0 Å². The average Bonchev–Trinajstić information content (AvgIpc) is 2.82. The highest BCUT2D eigenvalue weighted by atomic mass is 32.2. The summed E-state index contributed by atoms with van der Waals surface area (Å²) >= 11 is 0. The molecule has 0 saturated heterocycles. The normalized spacial score (nSPS) is 12.3. The van der Waals surface area contributed by atoms with Gasteiger partial charge in [0.15, 0.2) is 5.69 Å². The van der Waals surface area contributed by atoms with Gasteiger partial charge < -0.3 is 15.2 Å². The molecule has 0 aliphatic rings. The van der Waals surface area contributed by atoms with E-state index in [1.807, 2.05) is 20.8 Å². The molecule has 3 rings (SSSR count). The lowest BCUT2D eigenvalue weighted by Crippen LogP contribution is -2.41. The van der Waals surface area contributed by atoms with Crippen molar-refractivity contribution < 1.29 is 23.1 Å². The van der Waals surface area contributed by atoms with Crippen LogP contribution in [0.4, 0.5) is 5.82 Å². The van der Waals surface area contributed by atoms with Crippen LogP contribution in [0, 0.1) is 12.8 Å². The van der Waals surface area contributed by atoms with Gasteiger partial charge in [-0.25, -0.2) is 18.4 Å². The van der Waals surface area contributed by atoms with E-state index in [9.17, 15) is 18.3 Å². The Hall–Kier alpha value is -3.57. The van der Waals surface area contributed by atoms with E-state index in [0.29, 0.717) is 5.56 Å². The zero-order valence-corrected chi connectivity index (χ0v) is 19.9. The van der Waals surface area contributed by atoms with Gasteiger partial charge in [-0.3, -0.25) is 14.5 Å². The van der Waals surface area contributed by atoms with Crippen LogP contribution < -0.4 is 14.8 Å². The van der Waals surface area contributed by atoms with E-state index < -0.39 is 22.0 Å². The third-order valence-electron chi connectivity index (χ3n) is 4.95. The smallest absolute Gasteiger partial charge is 0.271 e. The molecule has 0 aliphatic heterocycles. The lowest BCUT2D eigenvalue weighted by atomic mass is 10.1. The van der Waals surface area contributed by atoms with Gasteiger partial charge in [0.25, 0.3) is 21.8 Å². The molecule has 0 spiro atoms. The number of aromatic nitrogens is 3. The van der Waals surface area contributed by atoms with Crippen molar-refractivity contribution in [1.29, 1.82) is 0 Å². The number of hydrogen-bond acceptors (Lipinski definition) is 8. The van der Waals surface area contributed by atoms with Crippen LogP contribution in [-0.4, -0.2) is 47.0 Å². The highest BCUT2D eigenvalue weighted by Gasteiger charge is 2.22. The quantitative estimate of drug-likeness (QED) is 0.397. The van der Waals surface area contributed by atoms with E-state index in [1.165, 1.54) is 12.1 Å². The second-order valence-corrected chi connectivity index (χ2v) is 9.67. The van der Waals surface area contributed by atoms with Crippen LogP contribution in [0.15, 0.2) is 59.9 Å². The molecule has 1 amide bonds. The number of aliphatic hydroxyl groups excluding tert-OH is 1. The first-order valence-electron chi connectivity index (χ1n) is 10.6. The molecule has 0 saturated carbocycles. The van der Waals surface area contributed by atoms with Crippen LogP contribution in [0.1, 0.15) is 35.5 Å². The summed E-state index contributed by atoms with van der Waals surface area (Å²) < 4.78 is 33.8. The number of anilines is 1. The van der Waals surface area contributed by atoms with Gasteiger partial charge in [0, 0.05) is 18.0 Å². The molecule has 180 valence electrons. The number of carbonyl (C=O) groups excluding carboxylic acids is 1.